The predicted octanol–water partition coefficient (Wildman–Crippen LogP) is 3.38. The molecular weight excluding hydrogens is 354 g/mol. The topological polar surface area (TPSA) is 66.8 Å². The number of hydrogen-bond acceptors (Lipinski definition) is 4. The van der Waals surface area contributed by atoms with Gasteiger partial charge in [-0.2, -0.15) is 0 Å². The lowest BCUT2D eigenvalue weighted by atomic mass is 9.67. The molecule has 0 heterocycles. The molecule has 0 bridgehead atoms. The van der Waals surface area contributed by atoms with Crippen LogP contribution >= 0.6 is 0 Å². The third-order valence-electron chi connectivity index (χ3n) is 5.09. The van der Waals surface area contributed by atoms with Crippen molar-refractivity contribution in [3.63, 3.8) is 0 Å². The zero-order chi connectivity index (χ0) is 20.6. The summed E-state index contributed by atoms with van der Waals surface area (Å²) in [6, 6.07) is 19.5. The van der Waals surface area contributed by atoms with Crippen molar-refractivity contribution in [2.24, 2.45) is 5.92 Å². The summed E-state index contributed by atoms with van der Waals surface area (Å²) in [5.41, 5.74) is 1.01. The Labute approximate surface area is 166 Å². The zero-order valence-electron chi connectivity index (χ0n) is 16.8. The third-order valence-corrected chi connectivity index (χ3v) is 5.09. The van der Waals surface area contributed by atoms with E-state index >= 15 is 0 Å². The van der Waals surface area contributed by atoms with Crippen LogP contribution in [0.3, 0.4) is 0 Å². The Hall–Kier alpha value is -2.66. The van der Waals surface area contributed by atoms with E-state index in [0.29, 0.717) is 19.6 Å². The van der Waals surface area contributed by atoms with Crippen molar-refractivity contribution in [3.05, 3.63) is 71.8 Å². The highest BCUT2D eigenvalue weighted by Gasteiger charge is 2.46. The normalized spacial score (nSPS) is 14.3. The first-order valence-corrected chi connectivity index (χ1v) is 9.57. The second kappa shape index (κ2) is 10.0. The zero-order valence-corrected chi connectivity index (χ0v) is 16.8. The second-order valence-electron chi connectivity index (χ2n) is 7.21. The molecule has 2 atom stereocenters. The Bertz CT molecular complexity index is 763. The Morgan fingerprint density at radius 1 is 1.07 bits per heavy atom. The van der Waals surface area contributed by atoms with Gasteiger partial charge in [-0.25, -0.2) is 0 Å². The molecular formula is C23H29NO4. The molecule has 0 aromatic heterocycles. The minimum Gasteiger partial charge on any atom is -0.480 e. The molecule has 0 aliphatic carbocycles. The Kier molecular flexibility index (Phi) is 7.76. The highest BCUT2D eigenvalue weighted by Crippen LogP contribution is 2.38. The van der Waals surface area contributed by atoms with Crippen molar-refractivity contribution < 1.29 is 19.4 Å². The number of likely N-dealkylation sites (N-methyl/N-ethyl adjacent to an activating group) is 1. The van der Waals surface area contributed by atoms with Gasteiger partial charge in [0, 0.05) is 6.54 Å². The van der Waals surface area contributed by atoms with Crippen LogP contribution in [0.1, 0.15) is 25.0 Å². The van der Waals surface area contributed by atoms with Gasteiger partial charge in [0.1, 0.15) is 5.41 Å². The molecule has 1 unspecified atom stereocenters. The van der Waals surface area contributed by atoms with Crippen LogP contribution in [0.15, 0.2) is 60.7 Å². The van der Waals surface area contributed by atoms with Gasteiger partial charge >= 0.3 is 11.9 Å². The van der Waals surface area contributed by atoms with Crippen LogP contribution < -0.4 is 0 Å². The molecule has 5 nitrogen and oxygen atoms in total. The molecule has 0 fully saturated rings. The minimum atomic E-state index is -0.911. The number of carboxylic acid groups (broad SMARTS) is 1. The molecule has 0 saturated carbocycles. The van der Waals surface area contributed by atoms with Gasteiger partial charge in [-0.1, -0.05) is 67.6 Å². The first-order chi connectivity index (χ1) is 13.4. The summed E-state index contributed by atoms with van der Waals surface area (Å²) in [5.74, 6) is -1.33. The Morgan fingerprint density at radius 3 is 2.18 bits per heavy atom. The molecule has 0 aliphatic heterocycles. The number of esters is 1. The van der Waals surface area contributed by atoms with Crippen molar-refractivity contribution in [2.75, 3.05) is 26.7 Å². The molecule has 5 heteroatoms. The lowest BCUT2D eigenvalue weighted by Crippen LogP contribution is -2.49. The molecule has 150 valence electrons. The number of hydrogen-bond donors (Lipinski definition) is 1. The van der Waals surface area contributed by atoms with E-state index in [9.17, 15) is 9.59 Å². The summed E-state index contributed by atoms with van der Waals surface area (Å²) < 4.78 is 5.54. The smallest absolute Gasteiger partial charge is 0.317 e. The average molecular weight is 383 g/mol. The number of rotatable bonds is 10. The Morgan fingerprint density at radius 2 is 1.64 bits per heavy atom. The van der Waals surface area contributed by atoms with Gasteiger partial charge in [0.15, 0.2) is 0 Å². The molecule has 2 aromatic rings. The molecule has 2 aromatic carbocycles. The summed E-state index contributed by atoms with van der Waals surface area (Å²) in [7, 11) is 1.76. The number of carboxylic acids is 1. The van der Waals surface area contributed by atoms with Crippen molar-refractivity contribution >= 4 is 11.9 Å². The van der Waals surface area contributed by atoms with E-state index in [0.717, 1.165) is 11.1 Å². The van der Waals surface area contributed by atoms with Crippen LogP contribution in [0.25, 0.3) is 0 Å². The molecule has 2 rings (SSSR count). The summed E-state index contributed by atoms with van der Waals surface area (Å²) >= 11 is 0. The summed E-state index contributed by atoms with van der Waals surface area (Å²) in [4.78, 5) is 26.2. The van der Waals surface area contributed by atoms with Crippen LogP contribution in [0.2, 0.25) is 0 Å². The quantitative estimate of drug-likeness (QED) is 0.637. The second-order valence-corrected chi connectivity index (χ2v) is 7.21. The maximum Gasteiger partial charge on any atom is 0.317 e. The number of aliphatic carboxylic acids is 1. The predicted molar refractivity (Wildman–Crippen MR) is 109 cm³/mol. The van der Waals surface area contributed by atoms with Crippen LogP contribution in [0.4, 0.5) is 0 Å². The van der Waals surface area contributed by atoms with Crippen LogP contribution in [-0.2, 0) is 26.2 Å². The number of nitrogens with zero attached hydrogens (tertiary/aromatic N) is 1. The number of ether oxygens (including phenoxy) is 1. The van der Waals surface area contributed by atoms with Crippen LogP contribution in [0, 0.1) is 5.92 Å². The van der Waals surface area contributed by atoms with Crippen LogP contribution in [-0.4, -0.2) is 48.7 Å². The first kappa shape index (κ1) is 21.6. The average Bonchev–Trinajstić information content (AvgIpc) is 2.67. The van der Waals surface area contributed by atoms with Crippen molar-refractivity contribution in [1.82, 2.24) is 4.90 Å². The van der Waals surface area contributed by atoms with Crippen molar-refractivity contribution in [3.8, 4) is 0 Å². The maximum absolute atomic E-state index is 13.4. The fourth-order valence-corrected chi connectivity index (χ4v) is 3.78. The van der Waals surface area contributed by atoms with Crippen molar-refractivity contribution in [2.45, 2.75) is 25.7 Å². The molecule has 0 radical (unpaired) electrons. The van der Waals surface area contributed by atoms with Gasteiger partial charge in [0.25, 0.3) is 0 Å². The molecule has 0 saturated heterocycles. The van der Waals surface area contributed by atoms with Gasteiger partial charge < -0.3 is 9.84 Å². The van der Waals surface area contributed by atoms with E-state index < -0.39 is 11.4 Å². The van der Waals surface area contributed by atoms with Gasteiger partial charge in [0.2, 0.25) is 0 Å². The monoisotopic (exact) mass is 383 g/mol. The molecule has 0 aliphatic rings. The maximum atomic E-state index is 13.4. The van der Waals surface area contributed by atoms with E-state index in [1.165, 1.54) is 0 Å². The fraction of sp³-hybridized carbons (Fsp3) is 0.391. The van der Waals surface area contributed by atoms with Crippen molar-refractivity contribution in [1.29, 1.82) is 0 Å². The molecule has 0 amide bonds. The SMILES string of the molecule is CCOC(=O)[C@](Cc1ccccc1)(c1ccccc1)C(C)CN(C)CC(=O)O. The fourth-order valence-electron chi connectivity index (χ4n) is 3.78. The van der Waals surface area contributed by atoms with E-state index in [1.54, 1.807) is 18.9 Å². The van der Waals surface area contributed by atoms with E-state index in [2.05, 4.69) is 0 Å². The van der Waals surface area contributed by atoms with Gasteiger partial charge in [-0.05, 0) is 37.4 Å². The number of benzene rings is 2. The van der Waals surface area contributed by atoms with E-state index in [4.69, 9.17) is 9.84 Å². The first-order valence-electron chi connectivity index (χ1n) is 9.57. The van der Waals surface area contributed by atoms with Crippen LogP contribution in [0.5, 0.6) is 0 Å². The van der Waals surface area contributed by atoms with E-state index in [1.807, 2.05) is 67.6 Å². The number of carbonyl (C=O) groups is 2. The van der Waals surface area contributed by atoms with Gasteiger partial charge in [-0.15, -0.1) is 0 Å². The molecule has 0 spiro atoms. The standard InChI is InChI=1S/C23H29NO4/c1-4-28-22(27)23(20-13-9-6-10-14-20,15-19-11-7-5-8-12-19)18(2)16-24(3)17-21(25)26/h5-14,18H,4,15-17H2,1-3H3,(H,25,26)/t18?,23-/m0/s1. The Balaban J connectivity index is 2.52. The summed E-state index contributed by atoms with van der Waals surface area (Å²) in [6.07, 6.45) is 0.485. The van der Waals surface area contributed by atoms with E-state index in [-0.39, 0.29) is 18.4 Å². The number of carbonyl (C=O) groups excluding carboxylic acids is 1. The molecule has 28 heavy (non-hydrogen) atoms. The third kappa shape index (κ3) is 5.20. The minimum absolute atomic E-state index is 0.0800. The lowest BCUT2D eigenvalue weighted by molar-refractivity contribution is -0.153. The highest BCUT2D eigenvalue weighted by molar-refractivity contribution is 5.84. The highest BCUT2D eigenvalue weighted by atomic mass is 16.5. The molecule has 1 N–H and O–H groups in total. The van der Waals surface area contributed by atoms with Gasteiger partial charge in [-0.3, -0.25) is 14.5 Å². The summed E-state index contributed by atoms with van der Waals surface area (Å²) in [5, 5.41) is 9.11. The largest absolute Gasteiger partial charge is 0.480 e. The lowest BCUT2D eigenvalue weighted by Gasteiger charge is -2.39. The summed E-state index contributed by atoms with van der Waals surface area (Å²) in [6.45, 7) is 4.46. The van der Waals surface area contributed by atoms with Gasteiger partial charge in [0.05, 0.1) is 13.2 Å².